The van der Waals surface area contributed by atoms with Crippen molar-refractivity contribution in [2.45, 2.75) is 19.3 Å². The number of pyridine rings is 1. The number of carboxylic acid groups (broad SMARTS) is 1. The van der Waals surface area contributed by atoms with E-state index in [2.05, 4.69) is 10.2 Å². The Bertz CT molecular complexity index is 783. The first-order chi connectivity index (χ1) is 9.94. The highest BCUT2D eigenvalue weighted by molar-refractivity contribution is 7.91. The van der Waals surface area contributed by atoms with Crippen LogP contribution in [0.2, 0.25) is 0 Å². The lowest BCUT2D eigenvalue weighted by molar-refractivity contribution is 0.0697. The largest absolute Gasteiger partial charge is 0.478 e. The minimum atomic E-state index is -2.86. The summed E-state index contributed by atoms with van der Waals surface area (Å²) in [7, 11) is -2.86. The third kappa shape index (κ3) is 2.90. The maximum Gasteiger partial charge on any atom is 0.335 e. The van der Waals surface area contributed by atoms with Crippen LogP contribution in [0.25, 0.3) is 5.65 Å². The fraction of sp³-hybridized carbons (Fsp3) is 0.462. The highest BCUT2D eigenvalue weighted by Crippen LogP contribution is 2.22. The van der Waals surface area contributed by atoms with Crippen LogP contribution in [-0.4, -0.2) is 45.6 Å². The van der Waals surface area contributed by atoms with Gasteiger partial charge >= 0.3 is 5.97 Å². The van der Waals surface area contributed by atoms with Gasteiger partial charge in [0.15, 0.2) is 5.65 Å². The predicted octanol–water partition coefficient (Wildman–Crippen LogP) is 0.795. The van der Waals surface area contributed by atoms with E-state index in [4.69, 9.17) is 5.11 Å². The van der Waals surface area contributed by atoms with E-state index >= 15 is 0 Å². The second kappa shape index (κ2) is 5.10. The molecule has 0 spiro atoms. The molecule has 0 aliphatic carbocycles. The summed E-state index contributed by atoms with van der Waals surface area (Å²) in [6.07, 6.45) is 3.59. The van der Waals surface area contributed by atoms with E-state index < -0.39 is 15.8 Å². The van der Waals surface area contributed by atoms with Crippen LogP contribution in [0.4, 0.5) is 0 Å². The number of rotatable bonds is 3. The summed E-state index contributed by atoms with van der Waals surface area (Å²) < 4.78 is 24.6. The Balaban J connectivity index is 1.80. The Morgan fingerprint density at radius 3 is 2.71 bits per heavy atom. The number of hydrogen-bond acceptors (Lipinski definition) is 5. The molecule has 0 bridgehead atoms. The van der Waals surface area contributed by atoms with E-state index in [1.54, 1.807) is 10.6 Å². The van der Waals surface area contributed by atoms with Crippen LogP contribution in [0.15, 0.2) is 18.3 Å². The van der Waals surface area contributed by atoms with Gasteiger partial charge in [0.05, 0.1) is 17.1 Å². The summed E-state index contributed by atoms with van der Waals surface area (Å²) in [6.45, 7) is 0. The van der Waals surface area contributed by atoms with Crippen molar-refractivity contribution in [3.63, 3.8) is 0 Å². The molecule has 0 atom stereocenters. The number of sulfone groups is 1. The van der Waals surface area contributed by atoms with Gasteiger partial charge in [-0.1, -0.05) is 0 Å². The van der Waals surface area contributed by atoms with Gasteiger partial charge in [0.1, 0.15) is 15.7 Å². The molecular formula is C13H15N3O4S. The molecule has 1 aliphatic heterocycles. The molecule has 8 heteroatoms. The molecule has 2 aromatic heterocycles. The molecule has 0 aromatic carbocycles. The summed E-state index contributed by atoms with van der Waals surface area (Å²) in [5.41, 5.74) is 0.665. The van der Waals surface area contributed by atoms with Gasteiger partial charge in [-0.2, -0.15) is 0 Å². The Kier molecular flexibility index (Phi) is 3.40. The molecule has 0 amide bonds. The third-order valence-electron chi connectivity index (χ3n) is 3.87. The average molecular weight is 309 g/mol. The lowest BCUT2D eigenvalue weighted by atomic mass is 9.98. The summed E-state index contributed by atoms with van der Waals surface area (Å²) in [6, 6.07) is 2.98. The summed E-state index contributed by atoms with van der Waals surface area (Å²) in [4.78, 5) is 10.9. The number of carbonyl (C=O) groups is 1. The topological polar surface area (TPSA) is 102 Å². The number of carboxylic acids is 1. The van der Waals surface area contributed by atoms with Crippen LogP contribution >= 0.6 is 0 Å². The van der Waals surface area contributed by atoms with Crippen molar-refractivity contribution in [1.29, 1.82) is 0 Å². The third-order valence-corrected chi connectivity index (χ3v) is 5.59. The second-order valence-corrected chi connectivity index (χ2v) is 7.67. The van der Waals surface area contributed by atoms with Crippen molar-refractivity contribution < 1.29 is 18.3 Å². The van der Waals surface area contributed by atoms with Crippen molar-refractivity contribution in [1.82, 2.24) is 14.6 Å². The molecule has 21 heavy (non-hydrogen) atoms. The fourth-order valence-electron chi connectivity index (χ4n) is 2.61. The molecule has 112 valence electrons. The number of fused-ring (bicyclic) bond motifs is 1. The van der Waals surface area contributed by atoms with Crippen molar-refractivity contribution >= 4 is 21.5 Å². The highest BCUT2D eigenvalue weighted by Gasteiger charge is 2.25. The Morgan fingerprint density at radius 2 is 2.05 bits per heavy atom. The molecule has 1 aliphatic rings. The van der Waals surface area contributed by atoms with E-state index in [1.807, 2.05) is 0 Å². The van der Waals surface area contributed by atoms with Gasteiger partial charge in [-0.25, -0.2) is 13.2 Å². The second-order valence-electron chi connectivity index (χ2n) is 5.36. The van der Waals surface area contributed by atoms with Crippen molar-refractivity contribution in [2.24, 2.45) is 5.92 Å². The zero-order chi connectivity index (χ0) is 15.0. The molecule has 1 fully saturated rings. The monoisotopic (exact) mass is 309 g/mol. The number of aromatic carboxylic acids is 1. The quantitative estimate of drug-likeness (QED) is 0.899. The first-order valence-electron chi connectivity index (χ1n) is 6.72. The fourth-order valence-corrected chi connectivity index (χ4v) is 4.20. The highest BCUT2D eigenvalue weighted by atomic mass is 32.2. The smallest absolute Gasteiger partial charge is 0.335 e. The molecule has 7 nitrogen and oxygen atoms in total. The molecule has 3 heterocycles. The van der Waals surface area contributed by atoms with Crippen LogP contribution in [0.3, 0.4) is 0 Å². The van der Waals surface area contributed by atoms with Crippen molar-refractivity contribution in [3.05, 3.63) is 29.7 Å². The van der Waals surface area contributed by atoms with E-state index in [-0.39, 0.29) is 23.0 Å². The first kappa shape index (κ1) is 14.0. The molecule has 1 N–H and O–H groups in total. The maximum absolute atomic E-state index is 11.4. The average Bonchev–Trinajstić information content (AvgIpc) is 2.83. The number of hydrogen-bond donors (Lipinski definition) is 1. The molecule has 0 saturated carbocycles. The zero-order valence-corrected chi connectivity index (χ0v) is 12.1. The Morgan fingerprint density at radius 1 is 1.33 bits per heavy atom. The lowest BCUT2D eigenvalue weighted by Crippen LogP contribution is -2.25. The van der Waals surface area contributed by atoms with E-state index in [0.29, 0.717) is 24.9 Å². The van der Waals surface area contributed by atoms with Crippen LogP contribution in [-0.2, 0) is 16.3 Å². The van der Waals surface area contributed by atoms with Gasteiger partial charge in [-0.3, -0.25) is 4.40 Å². The first-order valence-corrected chi connectivity index (χ1v) is 8.54. The predicted molar refractivity (Wildman–Crippen MR) is 75.0 cm³/mol. The summed E-state index contributed by atoms with van der Waals surface area (Å²) in [5, 5.41) is 17.0. The van der Waals surface area contributed by atoms with E-state index in [9.17, 15) is 13.2 Å². The number of nitrogens with zero attached hydrogens (tertiary/aromatic N) is 3. The van der Waals surface area contributed by atoms with Gasteiger partial charge < -0.3 is 5.11 Å². The molecule has 0 unspecified atom stereocenters. The number of aromatic nitrogens is 3. The van der Waals surface area contributed by atoms with Gasteiger partial charge in [-0.15, -0.1) is 10.2 Å². The summed E-state index contributed by atoms with van der Waals surface area (Å²) >= 11 is 0. The molecular weight excluding hydrogens is 294 g/mol. The van der Waals surface area contributed by atoms with Crippen LogP contribution < -0.4 is 0 Å². The van der Waals surface area contributed by atoms with Gasteiger partial charge in [0.25, 0.3) is 0 Å². The van der Waals surface area contributed by atoms with Gasteiger partial charge in [-0.05, 0) is 30.9 Å². The SMILES string of the molecule is O=C(O)c1ccn2c(CC3CCS(=O)(=O)CC3)nnc2c1. The van der Waals surface area contributed by atoms with Crippen molar-refractivity contribution in [2.75, 3.05) is 11.5 Å². The summed E-state index contributed by atoms with van der Waals surface area (Å²) in [5.74, 6) is 0.487. The van der Waals surface area contributed by atoms with Gasteiger partial charge in [0.2, 0.25) is 0 Å². The minimum Gasteiger partial charge on any atom is -0.478 e. The van der Waals surface area contributed by atoms with Crippen LogP contribution in [0.1, 0.15) is 29.0 Å². The lowest BCUT2D eigenvalue weighted by Gasteiger charge is -2.20. The van der Waals surface area contributed by atoms with Crippen LogP contribution in [0.5, 0.6) is 0 Å². The van der Waals surface area contributed by atoms with Crippen LogP contribution in [0, 0.1) is 5.92 Å². The molecule has 0 radical (unpaired) electrons. The van der Waals surface area contributed by atoms with E-state index in [0.717, 1.165) is 5.82 Å². The standard InChI is InChI=1S/C13H15N3O4S/c17-13(18)10-1-4-16-11(14-15-12(16)8-10)7-9-2-5-21(19,20)6-3-9/h1,4,8-9H,2-3,5-7H2,(H,17,18). The zero-order valence-electron chi connectivity index (χ0n) is 11.3. The normalized spacial score (nSPS) is 18.9. The Hall–Kier alpha value is -1.96. The van der Waals surface area contributed by atoms with E-state index in [1.165, 1.54) is 12.1 Å². The maximum atomic E-state index is 11.4. The van der Waals surface area contributed by atoms with Gasteiger partial charge in [0, 0.05) is 12.6 Å². The minimum absolute atomic E-state index is 0.171. The molecule has 2 aromatic rings. The Labute approximate surface area is 121 Å². The molecule has 3 rings (SSSR count). The molecule has 1 saturated heterocycles. The van der Waals surface area contributed by atoms with Crippen molar-refractivity contribution in [3.8, 4) is 0 Å².